The van der Waals surface area contributed by atoms with Gasteiger partial charge in [0.05, 0.1) is 24.2 Å². The van der Waals surface area contributed by atoms with Gasteiger partial charge in [-0.25, -0.2) is 4.79 Å². The highest BCUT2D eigenvalue weighted by Crippen LogP contribution is 2.29. The molecule has 0 saturated carbocycles. The normalized spacial score (nSPS) is 12.7. The minimum Gasteiger partial charge on any atom is -0.472 e. The maximum absolute atomic E-state index is 12.4. The first-order chi connectivity index (χ1) is 10.9. The number of urea groups is 1. The summed E-state index contributed by atoms with van der Waals surface area (Å²) in [7, 11) is 0. The van der Waals surface area contributed by atoms with Crippen LogP contribution in [0.3, 0.4) is 0 Å². The molecule has 0 aliphatic carbocycles. The molecule has 23 heavy (non-hydrogen) atoms. The Morgan fingerprint density at radius 1 is 1.22 bits per heavy atom. The number of amides is 2. The lowest BCUT2D eigenvalue weighted by molar-refractivity contribution is -0.137. The molecule has 2 rings (SSSR count). The van der Waals surface area contributed by atoms with Crippen LogP contribution in [0, 0.1) is 0 Å². The SMILES string of the molecule is O=C(NCC[C@H](O)c1ccoc1)Nc1ccc(C(F)(F)F)cc1. The third kappa shape index (κ3) is 5.03. The molecule has 3 N–H and O–H groups in total. The van der Waals surface area contributed by atoms with E-state index in [0.29, 0.717) is 5.56 Å². The Bertz CT molecular complexity index is 624. The first-order valence-corrected chi connectivity index (χ1v) is 6.78. The molecule has 0 bridgehead atoms. The number of halogens is 3. The van der Waals surface area contributed by atoms with Gasteiger partial charge in [-0.2, -0.15) is 13.2 Å². The number of aliphatic hydroxyl groups is 1. The van der Waals surface area contributed by atoms with E-state index in [2.05, 4.69) is 10.6 Å². The van der Waals surface area contributed by atoms with Gasteiger partial charge in [0, 0.05) is 17.8 Å². The fourth-order valence-electron chi connectivity index (χ4n) is 1.87. The van der Waals surface area contributed by atoms with E-state index in [1.165, 1.54) is 24.7 Å². The van der Waals surface area contributed by atoms with Crippen LogP contribution in [0.15, 0.2) is 47.3 Å². The molecule has 0 saturated heterocycles. The zero-order chi connectivity index (χ0) is 16.9. The molecule has 2 aromatic rings. The van der Waals surface area contributed by atoms with Crippen molar-refractivity contribution in [3.05, 3.63) is 54.0 Å². The molecule has 1 aromatic carbocycles. The van der Waals surface area contributed by atoms with E-state index < -0.39 is 23.9 Å². The Kier molecular flexibility index (Phi) is 5.28. The minimum atomic E-state index is -4.41. The predicted octanol–water partition coefficient (Wildman–Crippen LogP) is 3.54. The number of aliphatic hydroxyl groups excluding tert-OH is 1. The zero-order valence-corrected chi connectivity index (χ0v) is 11.9. The molecular formula is C15H15F3N2O3. The van der Waals surface area contributed by atoms with Crippen molar-refractivity contribution in [1.82, 2.24) is 5.32 Å². The Morgan fingerprint density at radius 2 is 1.91 bits per heavy atom. The van der Waals surface area contributed by atoms with Crippen molar-refractivity contribution in [2.24, 2.45) is 0 Å². The molecule has 8 heteroatoms. The number of carbonyl (C=O) groups is 1. The van der Waals surface area contributed by atoms with E-state index in [1.54, 1.807) is 6.07 Å². The maximum atomic E-state index is 12.4. The molecule has 124 valence electrons. The number of furan rings is 1. The summed E-state index contributed by atoms with van der Waals surface area (Å²) in [6.45, 7) is 0.193. The monoisotopic (exact) mass is 328 g/mol. The minimum absolute atomic E-state index is 0.193. The summed E-state index contributed by atoms with van der Waals surface area (Å²) in [5, 5.41) is 14.7. The number of alkyl halides is 3. The lowest BCUT2D eigenvalue weighted by Crippen LogP contribution is -2.30. The van der Waals surface area contributed by atoms with Gasteiger partial charge in [0.1, 0.15) is 0 Å². The topological polar surface area (TPSA) is 74.5 Å². The highest BCUT2D eigenvalue weighted by molar-refractivity contribution is 5.89. The number of hydrogen-bond donors (Lipinski definition) is 3. The average molecular weight is 328 g/mol. The summed E-state index contributed by atoms with van der Waals surface area (Å²) < 4.78 is 42.1. The molecule has 1 atom stereocenters. The van der Waals surface area contributed by atoms with Crippen LogP contribution in [-0.4, -0.2) is 17.7 Å². The molecule has 5 nitrogen and oxygen atoms in total. The van der Waals surface area contributed by atoms with E-state index in [1.807, 2.05) is 0 Å². The van der Waals surface area contributed by atoms with Crippen LogP contribution in [0.1, 0.15) is 23.7 Å². The van der Waals surface area contributed by atoms with Crippen LogP contribution in [0.4, 0.5) is 23.7 Å². The first-order valence-electron chi connectivity index (χ1n) is 6.78. The third-order valence-electron chi connectivity index (χ3n) is 3.10. The smallest absolute Gasteiger partial charge is 0.416 e. The van der Waals surface area contributed by atoms with Crippen molar-refractivity contribution < 1.29 is 27.5 Å². The van der Waals surface area contributed by atoms with Crippen LogP contribution in [0.25, 0.3) is 0 Å². The molecule has 0 unspecified atom stereocenters. The van der Waals surface area contributed by atoms with Crippen molar-refractivity contribution in [3.63, 3.8) is 0 Å². The predicted molar refractivity (Wildman–Crippen MR) is 76.8 cm³/mol. The van der Waals surface area contributed by atoms with Gasteiger partial charge in [0.25, 0.3) is 0 Å². The Balaban J connectivity index is 1.76. The molecule has 1 heterocycles. The van der Waals surface area contributed by atoms with Crippen molar-refractivity contribution in [1.29, 1.82) is 0 Å². The molecule has 2 amide bonds. The van der Waals surface area contributed by atoms with Gasteiger partial charge in [-0.3, -0.25) is 0 Å². The van der Waals surface area contributed by atoms with Crippen molar-refractivity contribution in [2.75, 3.05) is 11.9 Å². The third-order valence-corrected chi connectivity index (χ3v) is 3.10. The fourth-order valence-corrected chi connectivity index (χ4v) is 1.87. The highest BCUT2D eigenvalue weighted by Gasteiger charge is 2.29. The van der Waals surface area contributed by atoms with Gasteiger partial charge in [-0.15, -0.1) is 0 Å². The summed E-state index contributed by atoms with van der Waals surface area (Å²) in [5.41, 5.74) is 0.0625. The standard InChI is InChI=1S/C15H15F3N2O3/c16-15(17,18)11-1-3-12(4-2-11)20-14(22)19-7-5-13(21)10-6-8-23-9-10/h1-4,6,8-9,13,21H,5,7H2,(H2,19,20,22)/t13-/m0/s1. The summed E-state index contributed by atoms with van der Waals surface area (Å²) in [4.78, 5) is 11.6. The highest BCUT2D eigenvalue weighted by atomic mass is 19.4. The molecule has 0 aliphatic heterocycles. The number of benzene rings is 1. The van der Waals surface area contributed by atoms with E-state index in [-0.39, 0.29) is 18.7 Å². The summed E-state index contributed by atoms with van der Waals surface area (Å²) in [6.07, 6.45) is -2.06. The van der Waals surface area contributed by atoms with Gasteiger partial charge < -0.3 is 20.2 Å². The number of anilines is 1. The first kappa shape index (κ1) is 16.9. The molecule has 0 aliphatic rings. The van der Waals surface area contributed by atoms with Crippen LogP contribution < -0.4 is 10.6 Å². The van der Waals surface area contributed by atoms with Gasteiger partial charge in [-0.05, 0) is 36.8 Å². The Hall–Kier alpha value is -2.48. The van der Waals surface area contributed by atoms with E-state index in [9.17, 15) is 23.1 Å². The van der Waals surface area contributed by atoms with Gasteiger partial charge in [0.15, 0.2) is 0 Å². The Morgan fingerprint density at radius 3 is 2.48 bits per heavy atom. The number of hydrogen-bond acceptors (Lipinski definition) is 3. The number of nitrogens with one attached hydrogen (secondary N) is 2. The maximum Gasteiger partial charge on any atom is 0.416 e. The largest absolute Gasteiger partial charge is 0.472 e. The number of rotatable bonds is 5. The zero-order valence-electron chi connectivity index (χ0n) is 11.9. The summed E-state index contributed by atoms with van der Waals surface area (Å²) >= 11 is 0. The lowest BCUT2D eigenvalue weighted by atomic mass is 10.1. The Labute approximate surface area is 130 Å². The fraction of sp³-hybridized carbons (Fsp3) is 0.267. The van der Waals surface area contributed by atoms with Crippen molar-refractivity contribution in [3.8, 4) is 0 Å². The molecule has 0 spiro atoms. The second-order valence-electron chi connectivity index (χ2n) is 4.82. The number of carbonyl (C=O) groups excluding carboxylic acids is 1. The van der Waals surface area contributed by atoms with Gasteiger partial charge >= 0.3 is 12.2 Å². The average Bonchev–Trinajstić information content (AvgIpc) is 3.01. The van der Waals surface area contributed by atoms with E-state index in [0.717, 1.165) is 12.1 Å². The van der Waals surface area contributed by atoms with E-state index in [4.69, 9.17) is 4.42 Å². The quantitative estimate of drug-likeness (QED) is 0.786. The molecule has 0 fully saturated rings. The van der Waals surface area contributed by atoms with Gasteiger partial charge in [0.2, 0.25) is 0 Å². The van der Waals surface area contributed by atoms with E-state index >= 15 is 0 Å². The lowest BCUT2D eigenvalue weighted by Gasteiger charge is -2.11. The van der Waals surface area contributed by atoms with Gasteiger partial charge in [-0.1, -0.05) is 0 Å². The molecule has 1 aromatic heterocycles. The van der Waals surface area contributed by atoms with Crippen LogP contribution in [0.2, 0.25) is 0 Å². The van der Waals surface area contributed by atoms with Crippen LogP contribution >= 0.6 is 0 Å². The summed E-state index contributed by atoms with van der Waals surface area (Å²) in [6, 6.07) is 5.17. The summed E-state index contributed by atoms with van der Waals surface area (Å²) in [5.74, 6) is 0. The van der Waals surface area contributed by atoms with Crippen LogP contribution in [-0.2, 0) is 6.18 Å². The molecular weight excluding hydrogens is 313 g/mol. The molecule has 0 radical (unpaired) electrons. The second-order valence-corrected chi connectivity index (χ2v) is 4.82. The van der Waals surface area contributed by atoms with Crippen molar-refractivity contribution >= 4 is 11.7 Å². The van der Waals surface area contributed by atoms with Crippen LogP contribution in [0.5, 0.6) is 0 Å². The van der Waals surface area contributed by atoms with Crippen molar-refractivity contribution in [2.45, 2.75) is 18.7 Å². The second kappa shape index (κ2) is 7.19.